The minimum atomic E-state index is 0.739. The van der Waals surface area contributed by atoms with Gasteiger partial charge in [0.15, 0.2) is 0 Å². The summed E-state index contributed by atoms with van der Waals surface area (Å²) in [4.78, 5) is 0. The molecule has 112 valence electrons. The fourth-order valence-electron chi connectivity index (χ4n) is 2.30. The summed E-state index contributed by atoms with van der Waals surface area (Å²) in [5.74, 6) is 3.03. The van der Waals surface area contributed by atoms with Crippen LogP contribution in [0.5, 0.6) is 5.75 Å². The molecule has 0 saturated carbocycles. The van der Waals surface area contributed by atoms with E-state index in [1.54, 1.807) is 0 Å². The fourth-order valence-corrected chi connectivity index (χ4v) is 3.17. The first-order valence-electron chi connectivity index (χ1n) is 7.27. The predicted molar refractivity (Wildman–Crippen MR) is 93.0 cm³/mol. The standard InChI is InChI=1S/C18H23NOS/c1-14-9-15(2)11-16(10-14)13-21-8-4-7-20-18-6-3-5-17(19)12-18/h3,5-6,9-12H,4,7-8,13,19H2,1-2H3. The van der Waals surface area contributed by atoms with Gasteiger partial charge >= 0.3 is 0 Å². The molecular formula is C18H23NOS. The third-order valence-electron chi connectivity index (χ3n) is 3.11. The summed E-state index contributed by atoms with van der Waals surface area (Å²) >= 11 is 1.96. The van der Waals surface area contributed by atoms with Crippen LogP contribution in [0, 0.1) is 13.8 Å². The summed E-state index contributed by atoms with van der Waals surface area (Å²) in [6, 6.07) is 14.3. The van der Waals surface area contributed by atoms with E-state index in [9.17, 15) is 0 Å². The lowest BCUT2D eigenvalue weighted by Crippen LogP contribution is -1.99. The minimum Gasteiger partial charge on any atom is -0.493 e. The zero-order chi connectivity index (χ0) is 15.1. The van der Waals surface area contributed by atoms with E-state index in [4.69, 9.17) is 10.5 Å². The van der Waals surface area contributed by atoms with Gasteiger partial charge in [0.05, 0.1) is 6.61 Å². The quantitative estimate of drug-likeness (QED) is 0.600. The van der Waals surface area contributed by atoms with E-state index >= 15 is 0 Å². The summed E-state index contributed by atoms with van der Waals surface area (Å²) in [5, 5.41) is 0. The molecule has 21 heavy (non-hydrogen) atoms. The molecule has 2 nitrogen and oxygen atoms in total. The second kappa shape index (κ2) is 7.99. The van der Waals surface area contributed by atoms with Gasteiger partial charge in [-0.15, -0.1) is 0 Å². The van der Waals surface area contributed by atoms with Crippen LogP contribution < -0.4 is 10.5 Å². The van der Waals surface area contributed by atoms with Crippen molar-refractivity contribution in [2.45, 2.75) is 26.0 Å². The number of hydrogen-bond donors (Lipinski definition) is 1. The molecule has 0 aliphatic heterocycles. The van der Waals surface area contributed by atoms with Crippen LogP contribution in [0.4, 0.5) is 5.69 Å². The maximum absolute atomic E-state index is 5.72. The van der Waals surface area contributed by atoms with Gasteiger partial charge in [0.1, 0.15) is 5.75 Å². The summed E-state index contributed by atoms with van der Waals surface area (Å²) in [7, 11) is 0. The summed E-state index contributed by atoms with van der Waals surface area (Å²) in [6.45, 7) is 5.05. The first-order valence-corrected chi connectivity index (χ1v) is 8.42. The normalized spacial score (nSPS) is 10.6. The van der Waals surface area contributed by atoms with E-state index in [-0.39, 0.29) is 0 Å². The Kier molecular flexibility index (Phi) is 6.00. The summed E-state index contributed by atoms with van der Waals surface area (Å²) in [5.41, 5.74) is 10.6. The molecule has 0 unspecified atom stereocenters. The number of thioether (sulfide) groups is 1. The molecule has 0 bridgehead atoms. The average molecular weight is 301 g/mol. The van der Waals surface area contributed by atoms with Gasteiger partial charge in [0.2, 0.25) is 0 Å². The molecule has 2 rings (SSSR count). The van der Waals surface area contributed by atoms with Crippen molar-refractivity contribution in [3.05, 3.63) is 59.2 Å². The molecule has 2 aromatic rings. The largest absolute Gasteiger partial charge is 0.493 e. The number of ether oxygens (including phenoxy) is 1. The van der Waals surface area contributed by atoms with Crippen molar-refractivity contribution in [3.8, 4) is 5.75 Å². The summed E-state index contributed by atoms with van der Waals surface area (Å²) < 4.78 is 5.68. The molecular weight excluding hydrogens is 278 g/mol. The first kappa shape index (κ1) is 15.8. The van der Waals surface area contributed by atoms with Crippen molar-refractivity contribution in [3.63, 3.8) is 0 Å². The predicted octanol–water partition coefficient (Wildman–Crippen LogP) is 4.59. The van der Waals surface area contributed by atoms with Crippen LogP contribution in [0.2, 0.25) is 0 Å². The van der Waals surface area contributed by atoms with Crippen LogP contribution in [0.3, 0.4) is 0 Å². The molecule has 0 fully saturated rings. The van der Waals surface area contributed by atoms with Gasteiger partial charge in [-0.1, -0.05) is 35.4 Å². The van der Waals surface area contributed by atoms with Crippen molar-refractivity contribution in [1.82, 2.24) is 0 Å². The van der Waals surface area contributed by atoms with Gasteiger partial charge in [0, 0.05) is 17.5 Å². The highest BCUT2D eigenvalue weighted by molar-refractivity contribution is 7.98. The fraction of sp³-hybridized carbons (Fsp3) is 0.333. The molecule has 0 aliphatic rings. The molecule has 0 atom stereocenters. The van der Waals surface area contributed by atoms with E-state index in [0.717, 1.165) is 36.0 Å². The van der Waals surface area contributed by atoms with Gasteiger partial charge in [-0.25, -0.2) is 0 Å². The Labute approximate surface area is 131 Å². The third kappa shape index (κ3) is 5.72. The highest BCUT2D eigenvalue weighted by Gasteiger charge is 1.98. The second-order valence-electron chi connectivity index (χ2n) is 5.32. The van der Waals surface area contributed by atoms with Gasteiger partial charge in [0.25, 0.3) is 0 Å². The van der Waals surface area contributed by atoms with E-state index in [2.05, 4.69) is 32.0 Å². The molecule has 3 heteroatoms. The maximum Gasteiger partial charge on any atom is 0.121 e. The summed E-state index contributed by atoms with van der Waals surface area (Å²) in [6.07, 6.45) is 1.05. The maximum atomic E-state index is 5.72. The monoisotopic (exact) mass is 301 g/mol. The van der Waals surface area contributed by atoms with Crippen LogP contribution in [0.25, 0.3) is 0 Å². The van der Waals surface area contributed by atoms with Crippen molar-refractivity contribution in [2.75, 3.05) is 18.1 Å². The van der Waals surface area contributed by atoms with Crippen LogP contribution in [-0.2, 0) is 5.75 Å². The zero-order valence-electron chi connectivity index (χ0n) is 12.8. The number of hydrogen-bond acceptors (Lipinski definition) is 3. The number of rotatable bonds is 7. The van der Waals surface area contributed by atoms with Crippen molar-refractivity contribution >= 4 is 17.4 Å². The molecule has 0 aromatic heterocycles. The van der Waals surface area contributed by atoms with Crippen molar-refractivity contribution in [2.24, 2.45) is 0 Å². The Morgan fingerprint density at radius 2 is 1.81 bits per heavy atom. The highest BCUT2D eigenvalue weighted by atomic mass is 32.2. The third-order valence-corrected chi connectivity index (χ3v) is 4.22. The molecule has 0 heterocycles. The lowest BCUT2D eigenvalue weighted by Gasteiger charge is -2.07. The number of nitrogens with two attached hydrogens (primary N) is 1. The average Bonchev–Trinajstić information content (AvgIpc) is 2.42. The van der Waals surface area contributed by atoms with Gasteiger partial charge < -0.3 is 10.5 Å². The van der Waals surface area contributed by atoms with Crippen molar-refractivity contribution < 1.29 is 4.74 Å². The molecule has 0 aliphatic carbocycles. The molecule has 0 saturated heterocycles. The lowest BCUT2D eigenvalue weighted by atomic mass is 10.1. The number of benzene rings is 2. The molecule has 2 aromatic carbocycles. The number of anilines is 1. The van der Waals surface area contributed by atoms with Gasteiger partial charge in [-0.3, -0.25) is 0 Å². The SMILES string of the molecule is Cc1cc(C)cc(CSCCCOc2cccc(N)c2)c1. The van der Waals surface area contributed by atoms with E-state index < -0.39 is 0 Å². The van der Waals surface area contributed by atoms with Gasteiger partial charge in [-0.05, 0) is 43.7 Å². The molecule has 0 radical (unpaired) electrons. The number of nitrogen functional groups attached to an aromatic ring is 1. The number of aryl methyl sites for hydroxylation is 2. The first-order chi connectivity index (χ1) is 10.1. The highest BCUT2D eigenvalue weighted by Crippen LogP contribution is 2.18. The van der Waals surface area contributed by atoms with Crippen LogP contribution in [-0.4, -0.2) is 12.4 Å². The Hall–Kier alpha value is -1.61. The van der Waals surface area contributed by atoms with Crippen molar-refractivity contribution in [1.29, 1.82) is 0 Å². The zero-order valence-corrected chi connectivity index (χ0v) is 13.6. The smallest absolute Gasteiger partial charge is 0.121 e. The molecule has 0 amide bonds. The van der Waals surface area contributed by atoms with E-state index in [1.807, 2.05) is 36.0 Å². The Morgan fingerprint density at radius 1 is 1.05 bits per heavy atom. The van der Waals surface area contributed by atoms with E-state index in [1.165, 1.54) is 16.7 Å². The van der Waals surface area contributed by atoms with Gasteiger partial charge in [-0.2, -0.15) is 11.8 Å². The Bertz CT molecular complexity index is 563. The Morgan fingerprint density at radius 3 is 2.52 bits per heavy atom. The molecule has 0 spiro atoms. The minimum absolute atomic E-state index is 0.739. The Balaban J connectivity index is 1.64. The second-order valence-corrected chi connectivity index (χ2v) is 6.43. The molecule has 2 N–H and O–H groups in total. The van der Waals surface area contributed by atoms with Crippen LogP contribution in [0.15, 0.2) is 42.5 Å². The lowest BCUT2D eigenvalue weighted by molar-refractivity contribution is 0.319. The van der Waals surface area contributed by atoms with Crippen LogP contribution >= 0.6 is 11.8 Å². The van der Waals surface area contributed by atoms with Crippen LogP contribution in [0.1, 0.15) is 23.1 Å². The van der Waals surface area contributed by atoms with E-state index in [0.29, 0.717) is 0 Å². The topological polar surface area (TPSA) is 35.2 Å².